The molecule has 0 aliphatic carbocycles. The van der Waals surface area contributed by atoms with E-state index in [9.17, 15) is 9.59 Å². The molecule has 0 bridgehead atoms. The lowest BCUT2D eigenvalue weighted by molar-refractivity contribution is -0.120. The van der Waals surface area contributed by atoms with Crippen LogP contribution in [0, 0.1) is 13.8 Å². The third kappa shape index (κ3) is 4.44. The highest BCUT2D eigenvalue weighted by Gasteiger charge is 2.16. The first-order valence-corrected chi connectivity index (χ1v) is 11.0. The third-order valence-corrected chi connectivity index (χ3v) is 6.87. The van der Waals surface area contributed by atoms with E-state index in [4.69, 9.17) is 0 Å². The number of nitrogens with zero attached hydrogens (tertiary/aromatic N) is 4. The number of aromatic amines is 1. The van der Waals surface area contributed by atoms with Gasteiger partial charge in [-0.1, -0.05) is 0 Å². The van der Waals surface area contributed by atoms with Crippen molar-refractivity contribution in [2.75, 3.05) is 6.54 Å². The molecule has 0 radical (unpaired) electrons. The van der Waals surface area contributed by atoms with Crippen molar-refractivity contribution in [1.82, 2.24) is 30.0 Å². The van der Waals surface area contributed by atoms with Crippen molar-refractivity contribution < 1.29 is 4.79 Å². The van der Waals surface area contributed by atoms with E-state index in [1.165, 1.54) is 23.1 Å². The monoisotopic (exact) mass is 420 g/mol. The van der Waals surface area contributed by atoms with E-state index in [2.05, 4.69) is 25.5 Å². The van der Waals surface area contributed by atoms with Crippen molar-refractivity contribution in [3.8, 4) is 0 Å². The van der Waals surface area contributed by atoms with Crippen LogP contribution in [-0.4, -0.2) is 42.4 Å². The number of amides is 1. The summed E-state index contributed by atoms with van der Waals surface area (Å²) in [4.78, 5) is 33.9. The summed E-state index contributed by atoms with van der Waals surface area (Å²) in [5.41, 5.74) is 0.874. The Morgan fingerprint density at radius 2 is 2.21 bits per heavy atom. The van der Waals surface area contributed by atoms with Crippen molar-refractivity contribution >= 4 is 39.2 Å². The van der Waals surface area contributed by atoms with E-state index in [0.717, 1.165) is 27.6 Å². The second-order valence-electron chi connectivity index (χ2n) is 6.50. The molecular weight excluding hydrogens is 396 g/mol. The van der Waals surface area contributed by atoms with Gasteiger partial charge in [0.25, 0.3) is 5.56 Å². The number of fused-ring (bicyclic) bond motifs is 1. The van der Waals surface area contributed by atoms with Gasteiger partial charge in [-0.15, -0.1) is 33.3 Å². The molecule has 0 spiro atoms. The van der Waals surface area contributed by atoms with E-state index < -0.39 is 0 Å². The van der Waals surface area contributed by atoms with Crippen LogP contribution in [0.4, 0.5) is 0 Å². The summed E-state index contributed by atoms with van der Waals surface area (Å²) in [5.74, 6) is 1.89. The fraction of sp³-hybridized carbons (Fsp3) is 0.500. The Morgan fingerprint density at radius 3 is 2.96 bits per heavy atom. The van der Waals surface area contributed by atoms with Crippen LogP contribution in [0.3, 0.4) is 0 Å². The number of hydrogen-bond acceptors (Lipinski definition) is 7. The van der Waals surface area contributed by atoms with Gasteiger partial charge in [0.1, 0.15) is 22.8 Å². The van der Waals surface area contributed by atoms with Crippen molar-refractivity contribution in [3.63, 3.8) is 0 Å². The molecule has 0 aromatic carbocycles. The van der Waals surface area contributed by atoms with Crippen molar-refractivity contribution in [1.29, 1.82) is 0 Å². The number of nitrogens with one attached hydrogen (secondary N) is 2. The van der Waals surface area contributed by atoms with Crippen molar-refractivity contribution in [3.05, 3.63) is 38.8 Å². The molecule has 8 nitrogen and oxygen atoms in total. The molecule has 1 unspecified atom stereocenters. The maximum absolute atomic E-state index is 12.3. The maximum Gasteiger partial charge on any atom is 0.259 e. The summed E-state index contributed by atoms with van der Waals surface area (Å²) in [5, 5.41) is 11.3. The highest BCUT2D eigenvalue weighted by molar-refractivity contribution is 7.99. The van der Waals surface area contributed by atoms with Crippen molar-refractivity contribution in [2.45, 2.75) is 51.7 Å². The molecule has 1 atom stereocenters. The minimum absolute atomic E-state index is 0.0428. The Labute approximate surface area is 171 Å². The van der Waals surface area contributed by atoms with Crippen LogP contribution in [0.1, 0.15) is 35.9 Å². The number of aryl methyl sites for hydroxylation is 3. The standard InChI is InChI=1S/C18H24N6O2S2/c1-5-24-9-20-23-14(24)6-7-19-16(25)12(4)27-8-13-21-17(26)15-10(2)11(3)28-18(15)22-13/h9,12H,5-8H2,1-4H3,(H,19,25)(H,21,22,26). The summed E-state index contributed by atoms with van der Waals surface area (Å²) < 4.78 is 1.95. The average Bonchev–Trinajstić information content (AvgIpc) is 3.23. The third-order valence-electron chi connectivity index (χ3n) is 4.61. The number of aromatic nitrogens is 5. The van der Waals surface area contributed by atoms with Crippen LogP contribution in [0.15, 0.2) is 11.1 Å². The van der Waals surface area contributed by atoms with Gasteiger partial charge in [-0.25, -0.2) is 4.98 Å². The summed E-state index contributed by atoms with van der Waals surface area (Å²) in [6, 6.07) is 0. The van der Waals surface area contributed by atoms with Gasteiger partial charge in [-0.2, -0.15) is 0 Å². The summed E-state index contributed by atoms with van der Waals surface area (Å²) >= 11 is 2.98. The van der Waals surface area contributed by atoms with Crippen molar-refractivity contribution in [2.24, 2.45) is 0 Å². The van der Waals surface area contributed by atoms with Gasteiger partial charge in [0, 0.05) is 24.4 Å². The molecule has 10 heteroatoms. The molecule has 3 heterocycles. The van der Waals surface area contributed by atoms with Crippen LogP contribution in [0.5, 0.6) is 0 Å². The molecule has 28 heavy (non-hydrogen) atoms. The first kappa shape index (κ1) is 20.5. The maximum atomic E-state index is 12.3. The predicted octanol–water partition coefficient (Wildman–Crippen LogP) is 2.19. The molecule has 0 fully saturated rings. The number of carbonyl (C=O) groups is 1. The van der Waals surface area contributed by atoms with Gasteiger partial charge in [-0.3, -0.25) is 9.59 Å². The fourth-order valence-electron chi connectivity index (χ4n) is 2.83. The Balaban J connectivity index is 1.53. The lowest BCUT2D eigenvalue weighted by Gasteiger charge is -2.12. The van der Waals surface area contributed by atoms with Gasteiger partial charge in [-0.05, 0) is 33.3 Å². The Kier molecular flexibility index (Phi) is 6.50. The summed E-state index contributed by atoms with van der Waals surface area (Å²) in [6.45, 7) is 9.13. The first-order valence-electron chi connectivity index (χ1n) is 9.15. The highest BCUT2D eigenvalue weighted by atomic mass is 32.2. The van der Waals surface area contributed by atoms with Crippen LogP contribution in [0.2, 0.25) is 0 Å². The molecule has 3 aromatic rings. The second-order valence-corrected chi connectivity index (χ2v) is 9.04. The minimum atomic E-state index is -0.253. The molecule has 0 saturated carbocycles. The Hall–Kier alpha value is -2.20. The van der Waals surface area contributed by atoms with E-state index in [1.54, 1.807) is 6.33 Å². The number of thiophene rings is 1. The van der Waals surface area contributed by atoms with Crippen LogP contribution >= 0.6 is 23.1 Å². The van der Waals surface area contributed by atoms with E-state index in [0.29, 0.717) is 29.9 Å². The van der Waals surface area contributed by atoms with Gasteiger partial charge in [0.2, 0.25) is 5.91 Å². The van der Waals surface area contributed by atoms with E-state index >= 15 is 0 Å². The quantitative estimate of drug-likeness (QED) is 0.579. The zero-order valence-corrected chi connectivity index (χ0v) is 18.0. The van der Waals surface area contributed by atoms with Gasteiger partial charge in [0.15, 0.2) is 0 Å². The highest BCUT2D eigenvalue weighted by Crippen LogP contribution is 2.26. The summed E-state index contributed by atoms with van der Waals surface area (Å²) in [7, 11) is 0. The number of hydrogen-bond donors (Lipinski definition) is 2. The molecule has 150 valence electrons. The zero-order valence-electron chi connectivity index (χ0n) is 16.4. The van der Waals surface area contributed by atoms with Gasteiger partial charge < -0.3 is 14.9 Å². The van der Waals surface area contributed by atoms with Crippen LogP contribution < -0.4 is 10.9 Å². The van der Waals surface area contributed by atoms with E-state index in [1.807, 2.05) is 32.3 Å². The summed E-state index contributed by atoms with van der Waals surface area (Å²) in [6.07, 6.45) is 2.33. The molecule has 3 aromatic heterocycles. The molecule has 0 saturated heterocycles. The van der Waals surface area contributed by atoms with Gasteiger partial charge in [0.05, 0.1) is 16.4 Å². The Bertz CT molecular complexity index is 1040. The molecule has 3 rings (SSSR count). The van der Waals surface area contributed by atoms with E-state index in [-0.39, 0.29) is 16.7 Å². The molecule has 0 aliphatic heterocycles. The van der Waals surface area contributed by atoms with Crippen LogP contribution in [0.25, 0.3) is 10.2 Å². The van der Waals surface area contributed by atoms with Crippen LogP contribution in [-0.2, 0) is 23.5 Å². The first-order chi connectivity index (χ1) is 13.4. The molecule has 1 amide bonds. The predicted molar refractivity (Wildman–Crippen MR) is 113 cm³/mol. The minimum Gasteiger partial charge on any atom is -0.355 e. The molecular formula is C18H24N6O2S2. The second kappa shape index (κ2) is 8.87. The normalized spacial score (nSPS) is 12.4. The lowest BCUT2D eigenvalue weighted by Crippen LogP contribution is -2.33. The number of thioether (sulfide) groups is 1. The molecule has 2 N–H and O–H groups in total. The fourth-order valence-corrected chi connectivity index (χ4v) is 4.65. The SMILES string of the molecule is CCn1cnnc1CCNC(=O)C(C)SCc1nc2sc(C)c(C)c2c(=O)[nH]1. The van der Waals surface area contributed by atoms with Gasteiger partial charge >= 0.3 is 0 Å². The number of rotatable bonds is 8. The average molecular weight is 421 g/mol. The topological polar surface area (TPSA) is 106 Å². The molecule has 0 aliphatic rings. The Morgan fingerprint density at radius 1 is 1.43 bits per heavy atom. The smallest absolute Gasteiger partial charge is 0.259 e. The number of H-pyrrole nitrogens is 1. The zero-order chi connectivity index (χ0) is 20.3. The largest absolute Gasteiger partial charge is 0.355 e. The number of carbonyl (C=O) groups excluding carboxylic acids is 1. The lowest BCUT2D eigenvalue weighted by atomic mass is 10.2.